The molecule has 0 aromatic carbocycles. The standard InChI is InChI=1S/C9H13ClINSi/c1-6-5-12-9(10)8(7(6)11)13(2,3)4/h5H,1-4H3. The molecule has 0 aliphatic carbocycles. The number of rotatable bonds is 1. The molecule has 0 fully saturated rings. The molecule has 1 rings (SSSR count). The molecule has 0 amide bonds. The van der Waals surface area contributed by atoms with Crippen LogP contribution in [0.1, 0.15) is 5.56 Å². The zero-order valence-corrected chi connectivity index (χ0v) is 12.2. The smallest absolute Gasteiger partial charge is 0.129 e. The molecule has 1 heterocycles. The summed E-state index contributed by atoms with van der Waals surface area (Å²) in [5, 5.41) is 1.98. The van der Waals surface area contributed by atoms with Crippen molar-refractivity contribution in [3.8, 4) is 0 Å². The molecular weight excluding hydrogens is 313 g/mol. The maximum Gasteiger partial charge on any atom is 0.129 e. The Morgan fingerprint density at radius 3 is 2.31 bits per heavy atom. The third kappa shape index (κ3) is 2.44. The fourth-order valence-electron chi connectivity index (χ4n) is 1.20. The van der Waals surface area contributed by atoms with Crippen LogP contribution < -0.4 is 5.19 Å². The highest BCUT2D eigenvalue weighted by Crippen LogP contribution is 2.17. The first kappa shape index (κ1) is 11.5. The molecule has 0 saturated carbocycles. The van der Waals surface area contributed by atoms with Crippen LogP contribution in [0, 0.1) is 10.5 Å². The molecule has 1 aromatic heterocycles. The summed E-state index contributed by atoms with van der Waals surface area (Å²) >= 11 is 8.47. The monoisotopic (exact) mass is 325 g/mol. The van der Waals surface area contributed by atoms with Crippen LogP contribution in [0.2, 0.25) is 24.8 Å². The van der Waals surface area contributed by atoms with E-state index in [4.69, 9.17) is 11.6 Å². The van der Waals surface area contributed by atoms with Crippen LogP contribution in [0.4, 0.5) is 0 Å². The Labute approximate surface area is 99.1 Å². The summed E-state index contributed by atoms with van der Waals surface area (Å²) in [7, 11) is -1.36. The highest BCUT2D eigenvalue weighted by atomic mass is 127. The van der Waals surface area contributed by atoms with Crippen molar-refractivity contribution in [1.82, 2.24) is 4.98 Å². The summed E-state index contributed by atoms with van der Waals surface area (Å²) in [6.07, 6.45) is 1.84. The van der Waals surface area contributed by atoms with Gasteiger partial charge in [0.05, 0.1) is 8.07 Å². The third-order valence-corrected chi connectivity index (χ3v) is 6.22. The molecule has 4 heteroatoms. The van der Waals surface area contributed by atoms with Gasteiger partial charge in [-0.2, -0.15) is 0 Å². The molecule has 0 atom stereocenters. The van der Waals surface area contributed by atoms with Crippen LogP contribution in [-0.2, 0) is 0 Å². The van der Waals surface area contributed by atoms with E-state index >= 15 is 0 Å². The number of nitrogens with zero attached hydrogens (tertiary/aromatic N) is 1. The lowest BCUT2D eigenvalue weighted by molar-refractivity contribution is 1.26. The molecule has 13 heavy (non-hydrogen) atoms. The van der Waals surface area contributed by atoms with E-state index in [9.17, 15) is 0 Å². The molecule has 0 radical (unpaired) electrons. The topological polar surface area (TPSA) is 12.9 Å². The van der Waals surface area contributed by atoms with E-state index in [1.54, 1.807) is 0 Å². The van der Waals surface area contributed by atoms with Crippen molar-refractivity contribution in [3.63, 3.8) is 0 Å². The molecule has 0 aliphatic rings. The van der Waals surface area contributed by atoms with Gasteiger partial charge in [-0.25, -0.2) is 4.98 Å². The van der Waals surface area contributed by atoms with Crippen LogP contribution >= 0.6 is 34.2 Å². The highest BCUT2D eigenvalue weighted by molar-refractivity contribution is 14.1. The van der Waals surface area contributed by atoms with Crippen LogP contribution in [0.3, 0.4) is 0 Å². The van der Waals surface area contributed by atoms with Crippen molar-refractivity contribution in [1.29, 1.82) is 0 Å². The number of hydrogen-bond acceptors (Lipinski definition) is 1. The summed E-state index contributed by atoms with van der Waals surface area (Å²) in [5.41, 5.74) is 1.22. The van der Waals surface area contributed by atoms with Gasteiger partial charge in [-0.05, 0) is 40.3 Å². The molecule has 1 aromatic rings. The quantitative estimate of drug-likeness (QED) is 0.439. The molecule has 1 nitrogen and oxygen atoms in total. The zero-order chi connectivity index (χ0) is 10.2. The minimum atomic E-state index is -1.36. The Morgan fingerprint density at radius 1 is 1.38 bits per heavy atom. The second kappa shape index (κ2) is 3.86. The van der Waals surface area contributed by atoms with Gasteiger partial charge in [0.2, 0.25) is 0 Å². The van der Waals surface area contributed by atoms with Crippen molar-refractivity contribution in [2.75, 3.05) is 0 Å². The predicted molar refractivity (Wildman–Crippen MR) is 69.7 cm³/mol. The number of aryl methyl sites for hydroxylation is 1. The van der Waals surface area contributed by atoms with Crippen molar-refractivity contribution in [2.45, 2.75) is 26.6 Å². The fraction of sp³-hybridized carbons (Fsp3) is 0.444. The molecule has 0 bridgehead atoms. The Hall–Kier alpha value is 0.387. The second-order valence-electron chi connectivity index (χ2n) is 4.17. The van der Waals surface area contributed by atoms with Gasteiger partial charge >= 0.3 is 0 Å². The maximum atomic E-state index is 6.10. The molecule has 0 saturated heterocycles. The number of aromatic nitrogens is 1. The molecule has 0 aliphatic heterocycles. The lowest BCUT2D eigenvalue weighted by atomic mass is 10.3. The van der Waals surface area contributed by atoms with Gasteiger partial charge in [-0.15, -0.1) is 0 Å². The summed E-state index contributed by atoms with van der Waals surface area (Å²) in [6.45, 7) is 8.95. The third-order valence-electron chi connectivity index (χ3n) is 1.89. The van der Waals surface area contributed by atoms with Crippen LogP contribution in [0.25, 0.3) is 0 Å². The SMILES string of the molecule is Cc1cnc(Cl)c([Si](C)(C)C)c1I. The molecule has 0 N–H and O–H groups in total. The average molecular weight is 326 g/mol. The van der Waals surface area contributed by atoms with Gasteiger partial charge in [0, 0.05) is 9.77 Å². The normalized spacial score (nSPS) is 11.8. The van der Waals surface area contributed by atoms with Gasteiger partial charge in [0.25, 0.3) is 0 Å². The van der Waals surface area contributed by atoms with Gasteiger partial charge in [0.15, 0.2) is 0 Å². The van der Waals surface area contributed by atoms with Crippen molar-refractivity contribution in [3.05, 3.63) is 20.5 Å². The Morgan fingerprint density at radius 2 is 1.92 bits per heavy atom. The second-order valence-corrected chi connectivity index (χ2v) is 10.6. The number of halogens is 2. The first-order valence-electron chi connectivity index (χ1n) is 4.15. The lowest BCUT2D eigenvalue weighted by Crippen LogP contribution is -2.41. The maximum absolute atomic E-state index is 6.10. The lowest BCUT2D eigenvalue weighted by Gasteiger charge is -2.20. The minimum absolute atomic E-state index is 0.689. The van der Waals surface area contributed by atoms with Crippen molar-refractivity contribution >= 4 is 47.5 Å². The molecular formula is C9H13ClINSi. The summed E-state index contributed by atoms with van der Waals surface area (Å²) in [4.78, 5) is 4.20. The van der Waals surface area contributed by atoms with Gasteiger partial charge in [-0.1, -0.05) is 31.2 Å². The molecule has 0 unspecified atom stereocenters. The van der Waals surface area contributed by atoms with Gasteiger partial charge in [0.1, 0.15) is 5.15 Å². The first-order valence-corrected chi connectivity index (χ1v) is 9.11. The van der Waals surface area contributed by atoms with E-state index in [0.29, 0.717) is 5.15 Å². The Bertz CT molecular complexity index is 333. The fourth-order valence-corrected chi connectivity index (χ4v) is 6.72. The van der Waals surface area contributed by atoms with Gasteiger partial charge < -0.3 is 0 Å². The van der Waals surface area contributed by atoms with E-state index < -0.39 is 8.07 Å². The van der Waals surface area contributed by atoms with Crippen LogP contribution in [0.15, 0.2) is 6.20 Å². The van der Waals surface area contributed by atoms with E-state index in [1.165, 1.54) is 14.3 Å². The summed E-state index contributed by atoms with van der Waals surface area (Å²) < 4.78 is 1.29. The van der Waals surface area contributed by atoms with E-state index in [0.717, 1.165) is 0 Å². The first-order chi connectivity index (χ1) is 5.84. The average Bonchev–Trinajstić information content (AvgIpc) is 1.95. The van der Waals surface area contributed by atoms with E-state index in [1.807, 2.05) is 6.20 Å². The zero-order valence-electron chi connectivity index (χ0n) is 8.28. The molecule has 0 spiro atoms. The van der Waals surface area contributed by atoms with E-state index in [-0.39, 0.29) is 0 Å². The summed E-state index contributed by atoms with van der Waals surface area (Å²) in [6, 6.07) is 0. The summed E-state index contributed by atoms with van der Waals surface area (Å²) in [5.74, 6) is 0. The van der Waals surface area contributed by atoms with Crippen LogP contribution in [-0.4, -0.2) is 13.1 Å². The Kier molecular flexibility index (Phi) is 3.41. The van der Waals surface area contributed by atoms with Crippen molar-refractivity contribution in [2.24, 2.45) is 0 Å². The van der Waals surface area contributed by atoms with Crippen LogP contribution in [0.5, 0.6) is 0 Å². The minimum Gasteiger partial charge on any atom is -0.244 e. The number of hydrogen-bond donors (Lipinski definition) is 0. The highest BCUT2D eigenvalue weighted by Gasteiger charge is 2.24. The largest absolute Gasteiger partial charge is 0.244 e. The van der Waals surface area contributed by atoms with E-state index in [2.05, 4.69) is 54.1 Å². The molecule has 72 valence electrons. The Balaban J connectivity index is 3.43. The van der Waals surface area contributed by atoms with Crippen molar-refractivity contribution < 1.29 is 0 Å². The van der Waals surface area contributed by atoms with Gasteiger partial charge in [-0.3, -0.25) is 0 Å². The predicted octanol–water partition coefficient (Wildman–Crippen LogP) is 3.19. The number of pyridine rings is 1.